The van der Waals surface area contributed by atoms with Gasteiger partial charge in [-0.25, -0.2) is 0 Å². The van der Waals surface area contributed by atoms with Crippen molar-refractivity contribution in [3.63, 3.8) is 0 Å². The van der Waals surface area contributed by atoms with Crippen molar-refractivity contribution in [2.24, 2.45) is 10.8 Å². The zero-order valence-corrected chi connectivity index (χ0v) is 22.7. The minimum atomic E-state index is 0.0523. The molecule has 1 aliphatic rings. The highest BCUT2D eigenvalue weighted by atomic mass is 14.5. The molecule has 174 valence electrons. The largest absolute Gasteiger partial charge is 0.0619 e. The second-order valence-electron chi connectivity index (χ2n) is 12.9. The summed E-state index contributed by atoms with van der Waals surface area (Å²) in [5.41, 5.74) is 13.0. The lowest BCUT2D eigenvalue weighted by molar-refractivity contribution is 0.0455. The van der Waals surface area contributed by atoms with E-state index in [-0.39, 0.29) is 21.7 Å². The summed E-state index contributed by atoms with van der Waals surface area (Å²) in [6.45, 7) is 26.0. The first kappa shape index (κ1) is 23.8. The van der Waals surface area contributed by atoms with Gasteiger partial charge in [-0.05, 0) is 86.2 Å². The van der Waals surface area contributed by atoms with Gasteiger partial charge in [0, 0.05) is 5.41 Å². The van der Waals surface area contributed by atoms with Crippen LogP contribution in [0.2, 0.25) is 0 Å². The maximum atomic E-state index is 2.45. The number of hydrogen-bond donors (Lipinski definition) is 0. The maximum absolute atomic E-state index is 2.45. The van der Waals surface area contributed by atoms with Gasteiger partial charge < -0.3 is 0 Å². The average molecular weight is 439 g/mol. The Morgan fingerprint density at radius 2 is 1.18 bits per heavy atom. The van der Waals surface area contributed by atoms with Gasteiger partial charge in [0.05, 0.1) is 0 Å². The van der Waals surface area contributed by atoms with Crippen LogP contribution >= 0.6 is 0 Å². The Labute approximate surface area is 202 Å². The van der Waals surface area contributed by atoms with Crippen molar-refractivity contribution in [3.8, 4) is 22.3 Å². The van der Waals surface area contributed by atoms with E-state index in [1.54, 1.807) is 0 Å². The van der Waals surface area contributed by atoms with E-state index in [0.29, 0.717) is 0 Å². The molecule has 0 amide bonds. The summed E-state index contributed by atoms with van der Waals surface area (Å²) < 4.78 is 0. The number of hydrogen-bond acceptors (Lipinski definition) is 0. The molecule has 4 rings (SSSR count). The summed E-state index contributed by atoms with van der Waals surface area (Å²) in [6, 6.07) is 21.0. The predicted molar refractivity (Wildman–Crippen MR) is 145 cm³/mol. The SMILES string of the molecule is Cc1cc(C(C)(C)C(C)(C)C(C)(C)C)ccc1-c1cc2c(cc1C)C(C)(C)c1ccccc1-2. The third-order valence-electron chi connectivity index (χ3n) is 9.60. The number of benzene rings is 3. The molecule has 0 heterocycles. The first-order valence-electron chi connectivity index (χ1n) is 12.5. The predicted octanol–water partition coefficient (Wildman–Crippen LogP) is 9.63. The van der Waals surface area contributed by atoms with Crippen LogP contribution in [0.5, 0.6) is 0 Å². The lowest BCUT2D eigenvalue weighted by Gasteiger charge is -2.51. The molecule has 0 aliphatic heterocycles. The third kappa shape index (κ3) is 3.40. The second-order valence-corrected chi connectivity index (χ2v) is 12.9. The first-order chi connectivity index (χ1) is 15.1. The van der Waals surface area contributed by atoms with Crippen LogP contribution in [0.25, 0.3) is 22.3 Å². The highest BCUT2D eigenvalue weighted by Gasteiger charge is 2.46. The molecular weight excluding hydrogens is 396 g/mol. The maximum Gasteiger partial charge on any atom is 0.0158 e. The van der Waals surface area contributed by atoms with Gasteiger partial charge in [0.15, 0.2) is 0 Å². The van der Waals surface area contributed by atoms with Gasteiger partial charge in [-0.15, -0.1) is 0 Å². The zero-order chi connectivity index (χ0) is 24.6. The van der Waals surface area contributed by atoms with Crippen LogP contribution in [0.3, 0.4) is 0 Å². The molecule has 0 aromatic heterocycles. The molecule has 0 unspecified atom stereocenters. The molecule has 0 saturated heterocycles. The molecule has 0 N–H and O–H groups in total. The fourth-order valence-corrected chi connectivity index (χ4v) is 5.80. The molecule has 0 spiro atoms. The number of fused-ring (bicyclic) bond motifs is 3. The monoisotopic (exact) mass is 438 g/mol. The van der Waals surface area contributed by atoms with Crippen LogP contribution in [-0.4, -0.2) is 0 Å². The molecular formula is C33H42. The van der Waals surface area contributed by atoms with E-state index in [0.717, 1.165) is 0 Å². The van der Waals surface area contributed by atoms with E-state index in [9.17, 15) is 0 Å². The Hall–Kier alpha value is -2.34. The highest BCUT2D eigenvalue weighted by Crippen LogP contribution is 2.53. The molecule has 0 heteroatoms. The molecule has 0 radical (unpaired) electrons. The fraction of sp³-hybridized carbons (Fsp3) is 0.455. The van der Waals surface area contributed by atoms with Crippen molar-refractivity contribution in [2.45, 2.75) is 87.0 Å². The highest BCUT2D eigenvalue weighted by molar-refractivity contribution is 5.86. The van der Waals surface area contributed by atoms with Gasteiger partial charge in [0.1, 0.15) is 0 Å². The van der Waals surface area contributed by atoms with Crippen molar-refractivity contribution >= 4 is 0 Å². The quantitative estimate of drug-likeness (QED) is 0.382. The Kier molecular flexibility index (Phi) is 5.29. The summed E-state index contributed by atoms with van der Waals surface area (Å²) in [7, 11) is 0. The summed E-state index contributed by atoms with van der Waals surface area (Å²) in [4.78, 5) is 0. The van der Waals surface area contributed by atoms with Crippen molar-refractivity contribution < 1.29 is 0 Å². The Balaban J connectivity index is 1.84. The van der Waals surface area contributed by atoms with Gasteiger partial charge in [-0.2, -0.15) is 0 Å². The van der Waals surface area contributed by atoms with E-state index < -0.39 is 0 Å². The summed E-state index contributed by atoms with van der Waals surface area (Å²) in [5, 5.41) is 0. The number of aryl methyl sites for hydroxylation is 2. The van der Waals surface area contributed by atoms with Crippen LogP contribution in [0.1, 0.15) is 90.1 Å². The van der Waals surface area contributed by atoms with Crippen molar-refractivity contribution in [2.75, 3.05) is 0 Å². The molecule has 0 nitrogen and oxygen atoms in total. The van der Waals surface area contributed by atoms with Crippen LogP contribution in [0.15, 0.2) is 54.6 Å². The lowest BCUT2D eigenvalue weighted by Crippen LogP contribution is -2.45. The molecule has 0 bridgehead atoms. The lowest BCUT2D eigenvalue weighted by atomic mass is 9.53. The van der Waals surface area contributed by atoms with Gasteiger partial charge in [0.25, 0.3) is 0 Å². The van der Waals surface area contributed by atoms with Crippen molar-refractivity contribution in [1.29, 1.82) is 0 Å². The van der Waals surface area contributed by atoms with Crippen LogP contribution in [0.4, 0.5) is 0 Å². The van der Waals surface area contributed by atoms with Crippen LogP contribution in [-0.2, 0) is 10.8 Å². The van der Waals surface area contributed by atoms with Crippen molar-refractivity contribution in [3.05, 3.63) is 82.4 Å². The Bertz CT molecular complexity index is 1230. The smallest absolute Gasteiger partial charge is 0.0158 e. The van der Waals surface area contributed by atoms with E-state index in [1.165, 1.54) is 50.1 Å². The van der Waals surface area contributed by atoms with Gasteiger partial charge in [-0.1, -0.05) is 111 Å². The molecule has 3 aromatic rings. The number of rotatable bonds is 3. The van der Waals surface area contributed by atoms with E-state index in [2.05, 4.69) is 131 Å². The van der Waals surface area contributed by atoms with Crippen LogP contribution < -0.4 is 0 Å². The summed E-state index contributed by atoms with van der Waals surface area (Å²) >= 11 is 0. The van der Waals surface area contributed by atoms with E-state index in [1.807, 2.05) is 0 Å². The standard InChI is InChI=1S/C33H42/c1-21-18-23(32(8,9)33(10,11)30(3,4)5)16-17-24(21)26-20-27-25-14-12-13-15-28(25)31(6,7)29(27)19-22(26)2/h12-20H,1-11H3. The first-order valence-corrected chi connectivity index (χ1v) is 12.5. The van der Waals surface area contributed by atoms with Crippen LogP contribution in [0, 0.1) is 24.7 Å². The second kappa shape index (κ2) is 7.33. The topological polar surface area (TPSA) is 0 Å². The molecule has 0 fully saturated rings. The normalized spacial score (nSPS) is 15.4. The molecule has 0 atom stereocenters. The Morgan fingerprint density at radius 3 is 1.79 bits per heavy atom. The summed E-state index contributed by atoms with van der Waals surface area (Å²) in [5.74, 6) is 0. The third-order valence-corrected chi connectivity index (χ3v) is 9.60. The molecule has 0 saturated carbocycles. The minimum Gasteiger partial charge on any atom is -0.0619 e. The molecule has 1 aliphatic carbocycles. The Morgan fingerprint density at radius 1 is 0.576 bits per heavy atom. The average Bonchev–Trinajstić information content (AvgIpc) is 2.93. The van der Waals surface area contributed by atoms with Crippen molar-refractivity contribution in [1.82, 2.24) is 0 Å². The molecule has 3 aromatic carbocycles. The minimum absolute atomic E-state index is 0.0523. The van der Waals surface area contributed by atoms with E-state index in [4.69, 9.17) is 0 Å². The zero-order valence-electron chi connectivity index (χ0n) is 22.7. The fourth-order valence-electron chi connectivity index (χ4n) is 5.80. The van der Waals surface area contributed by atoms with Gasteiger partial charge >= 0.3 is 0 Å². The molecule has 33 heavy (non-hydrogen) atoms. The van der Waals surface area contributed by atoms with Gasteiger partial charge in [0.2, 0.25) is 0 Å². The van der Waals surface area contributed by atoms with Gasteiger partial charge in [-0.3, -0.25) is 0 Å². The summed E-state index contributed by atoms with van der Waals surface area (Å²) in [6.07, 6.45) is 0. The van der Waals surface area contributed by atoms with E-state index >= 15 is 0 Å².